The second kappa shape index (κ2) is 8.58. The lowest BCUT2D eigenvalue weighted by atomic mass is 10.2. The van der Waals surface area contributed by atoms with Gasteiger partial charge in [-0.15, -0.1) is 0 Å². The Balaban J connectivity index is 1.95. The van der Waals surface area contributed by atoms with Crippen LogP contribution in [0.1, 0.15) is 5.56 Å². The summed E-state index contributed by atoms with van der Waals surface area (Å²) in [6.45, 7) is 0.404. The molecule has 0 heterocycles. The minimum absolute atomic E-state index is 0.254. The second-order valence-corrected chi connectivity index (χ2v) is 5.27. The Hall–Kier alpha value is -3.22. The number of methoxy groups -OCH3 is 1. The Labute approximate surface area is 146 Å². The second-order valence-electron chi connectivity index (χ2n) is 5.27. The van der Waals surface area contributed by atoms with Crippen LogP contribution >= 0.6 is 0 Å². The minimum Gasteiger partial charge on any atom is -0.495 e. The molecule has 0 aliphatic carbocycles. The van der Waals surface area contributed by atoms with Gasteiger partial charge in [-0.2, -0.15) is 0 Å². The number of carbonyl (C=O) groups is 2. The van der Waals surface area contributed by atoms with Crippen LogP contribution in [0.3, 0.4) is 0 Å². The molecule has 132 valence electrons. The lowest BCUT2D eigenvalue weighted by molar-refractivity contribution is 0.203. The fourth-order valence-electron chi connectivity index (χ4n) is 2.13. The molecule has 7 nitrogen and oxygen atoms in total. The zero-order chi connectivity index (χ0) is 18.2. The first-order chi connectivity index (χ1) is 12.0. The van der Waals surface area contributed by atoms with Gasteiger partial charge in [-0.3, -0.25) is 0 Å². The van der Waals surface area contributed by atoms with Crippen LogP contribution in [0.15, 0.2) is 48.5 Å². The van der Waals surface area contributed by atoms with E-state index in [1.54, 1.807) is 55.5 Å². The van der Waals surface area contributed by atoms with Gasteiger partial charge in [-0.25, -0.2) is 9.59 Å². The smallest absolute Gasteiger partial charge is 0.412 e. The first kappa shape index (κ1) is 18.1. The van der Waals surface area contributed by atoms with Crippen molar-refractivity contribution in [1.82, 2.24) is 10.2 Å². The van der Waals surface area contributed by atoms with E-state index in [0.29, 0.717) is 23.7 Å². The summed E-state index contributed by atoms with van der Waals surface area (Å²) in [5, 5.41) is 5.19. The van der Waals surface area contributed by atoms with Crippen LogP contribution in [0.2, 0.25) is 0 Å². The molecule has 0 saturated heterocycles. The molecule has 25 heavy (non-hydrogen) atoms. The van der Waals surface area contributed by atoms with E-state index in [9.17, 15) is 9.59 Å². The Kier molecular flexibility index (Phi) is 6.22. The number of anilines is 1. The normalized spacial score (nSPS) is 9.88. The molecule has 2 aromatic rings. The van der Waals surface area contributed by atoms with Crippen LogP contribution < -0.4 is 20.1 Å². The van der Waals surface area contributed by atoms with Gasteiger partial charge in [0.15, 0.2) is 0 Å². The number of benzene rings is 2. The van der Waals surface area contributed by atoms with Crippen molar-refractivity contribution in [1.29, 1.82) is 0 Å². The third-order valence-electron chi connectivity index (χ3n) is 3.45. The molecular weight excluding hydrogens is 322 g/mol. The third-order valence-corrected chi connectivity index (χ3v) is 3.45. The number of rotatable bonds is 5. The van der Waals surface area contributed by atoms with Gasteiger partial charge in [0.05, 0.1) is 12.8 Å². The van der Waals surface area contributed by atoms with E-state index in [1.807, 2.05) is 12.1 Å². The SMILES string of the molecule is CNC(=O)Oc1ccc(CN(C)C(=O)Nc2ccccc2OC)cc1. The summed E-state index contributed by atoms with van der Waals surface area (Å²) >= 11 is 0. The largest absolute Gasteiger partial charge is 0.495 e. The first-order valence-corrected chi connectivity index (χ1v) is 7.67. The predicted octanol–water partition coefficient (Wildman–Crippen LogP) is 3.08. The number of urea groups is 1. The summed E-state index contributed by atoms with van der Waals surface area (Å²) in [5.41, 5.74) is 1.51. The lowest BCUT2D eigenvalue weighted by Crippen LogP contribution is -2.31. The maximum Gasteiger partial charge on any atom is 0.412 e. The van der Waals surface area contributed by atoms with Gasteiger partial charge in [0.1, 0.15) is 11.5 Å². The van der Waals surface area contributed by atoms with Gasteiger partial charge in [0.2, 0.25) is 0 Å². The Morgan fingerprint density at radius 1 is 1.08 bits per heavy atom. The van der Waals surface area contributed by atoms with Crippen LogP contribution in [0.4, 0.5) is 15.3 Å². The number of nitrogens with one attached hydrogen (secondary N) is 2. The van der Waals surface area contributed by atoms with E-state index < -0.39 is 6.09 Å². The number of hydrogen-bond acceptors (Lipinski definition) is 4. The molecule has 0 aromatic heterocycles. The fourth-order valence-corrected chi connectivity index (χ4v) is 2.13. The molecule has 2 aromatic carbocycles. The van der Waals surface area contributed by atoms with Gasteiger partial charge in [0.25, 0.3) is 0 Å². The Morgan fingerprint density at radius 2 is 1.76 bits per heavy atom. The zero-order valence-electron chi connectivity index (χ0n) is 14.4. The highest BCUT2D eigenvalue weighted by Gasteiger charge is 2.12. The van der Waals surface area contributed by atoms with Gasteiger partial charge >= 0.3 is 12.1 Å². The van der Waals surface area contributed by atoms with Crippen molar-refractivity contribution in [2.24, 2.45) is 0 Å². The molecule has 0 unspecified atom stereocenters. The topological polar surface area (TPSA) is 79.9 Å². The summed E-state index contributed by atoms with van der Waals surface area (Å²) in [4.78, 5) is 25.0. The van der Waals surface area contributed by atoms with Crippen molar-refractivity contribution in [3.05, 3.63) is 54.1 Å². The number of para-hydroxylation sites is 2. The van der Waals surface area contributed by atoms with E-state index in [-0.39, 0.29) is 6.03 Å². The standard InChI is InChI=1S/C18H21N3O4/c1-19-18(23)25-14-10-8-13(9-11-14)12-21(2)17(22)20-15-6-4-5-7-16(15)24-3/h4-11H,12H2,1-3H3,(H,19,23)(H,20,22). The molecule has 0 atom stereocenters. The number of carbonyl (C=O) groups excluding carboxylic acids is 2. The van der Waals surface area contributed by atoms with Crippen LogP contribution in [0.25, 0.3) is 0 Å². The molecule has 0 aliphatic rings. The molecule has 3 amide bonds. The van der Waals surface area contributed by atoms with E-state index in [2.05, 4.69) is 10.6 Å². The predicted molar refractivity (Wildman–Crippen MR) is 95.0 cm³/mol. The maximum absolute atomic E-state index is 12.3. The van der Waals surface area contributed by atoms with E-state index in [4.69, 9.17) is 9.47 Å². The quantitative estimate of drug-likeness (QED) is 0.874. The van der Waals surface area contributed by atoms with Gasteiger partial charge < -0.3 is 25.0 Å². The molecule has 0 spiro atoms. The first-order valence-electron chi connectivity index (χ1n) is 7.67. The number of amides is 3. The molecule has 0 aliphatic heterocycles. The number of hydrogen-bond donors (Lipinski definition) is 2. The molecular formula is C18H21N3O4. The van der Waals surface area contributed by atoms with Crippen molar-refractivity contribution in [3.63, 3.8) is 0 Å². The third kappa shape index (κ3) is 5.13. The Morgan fingerprint density at radius 3 is 2.40 bits per heavy atom. The van der Waals surface area contributed by atoms with Gasteiger partial charge in [-0.1, -0.05) is 24.3 Å². The number of ether oxygens (including phenoxy) is 2. The highest BCUT2D eigenvalue weighted by atomic mass is 16.5. The zero-order valence-corrected chi connectivity index (χ0v) is 14.4. The van der Waals surface area contributed by atoms with Crippen LogP contribution in [-0.2, 0) is 6.54 Å². The van der Waals surface area contributed by atoms with Crippen LogP contribution in [0.5, 0.6) is 11.5 Å². The lowest BCUT2D eigenvalue weighted by Gasteiger charge is -2.19. The van der Waals surface area contributed by atoms with Crippen molar-refractivity contribution in [2.75, 3.05) is 26.5 Å². The summed E-state index contributed by atoms with van der Waals surface area (Å²) in [6.07, 6.45) is -0.527. The van der Waals surface area contributed by atoms with Crippen molar-refractivity contribution >= 4 is 17.8 Å². The fraction of sp³-hybridized carbons (Fsp3) is 0.222. The molecule has 0 radical (unpaired) electrons. The Bertz CT molecular complexity index is 731. The molecule has 2 rings (SSSR count). The van der Waals surface area contributed by atoms with Gasteiger partial charge in [-0.05, 0) is 29.8 Å². The highest BCUT2D eigenvalue weighted by Crippen LogP contribution is 2.23. The van der Waals surface area contributed by atoms with E-state index in [1.165, 1.54) is 7.05 Å². The van der Waals surface area contributed by atoms with Crippen LogP contribution in [0, 0.1) is 0 Å². The number of nitrogens with zero attached hydrogens (tertiary/aromatic N) is 1. The summed E-state index contributed by atoms with van der Waals surface area (Å²) in [5.74, 6) is 1.03. The van der Waals surface area contributed by atoms with Crippen molar-refractivity contribution < 1.29 is 19.1 Å². The summed E-state index contributed by atoms with van der Waals surface area (Å²) < 4.78 is 10.2. The summed E-state index contributed by atoms with van der Waals surface area (Å²) in [6, 6.07) is 13.9. The highest BCUT2D eigenvalue weighted by molar-refractivity contribution is 5.90. The van der Waals surface area contributed by atoms with E-state index in [0.717, 1.165) is 5.56 Å². The average Bonchev–Trinajstić information content (AvgIpc) is 2.63. The minimum atomic E-state index is -0.527. The summed E-state index contributed by atoms with van der Waals surface area (Å²) in [7, 11) is 4.74. The van der Waals surface area contributed by atoms with Gasteiger partial charge in [0, 0.05) is 20.6 Å². The maximum atomic E-state index is 12.3. The average molecular weight is 343 g/mol. The molecule has 0 saturated carbocycles. The molecule has 2 N–H and O–H groups in total. The van der Waals surface area contributed by atoms with E-state index >= 15 is 0 Å². The van der Waals surface area contributed by atoms with Crippen LogP contribution in [-0.4, -0.2) is 38.2 Å². The van der Waals surface area contributed by atoms with Crippen molar-refractivity contribution in [2.45, 2.75) is 6.54 Å². The molecule has 7 heteroatoms. The molecule has 0 bridgehead atoms. The monoisotopic (exact) mass is 343 g/mol. The molecule has 0 fully saturated rings. The van der Waals surface area contributed by atoms with Crippen molar-refractivity contribution in [3.8, 4) is 11.5 Å².